The molecule has 6 nitrogen and oxygen atoms in total. The number of hydrogen-bond acceptors (Lipinski definition) is 7. The zero-order valence-corrected chi connectivity index (χ0v) is 17.6. The van der Waals surface area contributed by atoms with Crippen LogP contribution in [0.5, 0.6) is 0 Å². The maximum absolute atomic E-state index is 12.8. The molecule has 2 aromatic heterocycles. The highest BCUT2D eigenvalue weighted by atomic mass is 32.1. The van der Waals surface area contributed by atoms with Crippen LogP contribution in [0.4, 0.5) is 5.69 Å². The Balaban J connectivity index is 1.82. The van der Waals surface area contributed by atoms with Gasteiger partial charge in [-0.05, 0) is 37.6 Å². The lowest BCUT2D eigenvalue weighted by molar-refractivity contribution is 0.0602. The number of carbonyl (C=O) groups is 1. The Kier molecular flexibility index (Phi) is 5.37. The Bertz CT molecular complexity index is 1280. The lowest BCUT2D eigenvalue weighted by Gasteiger charge is -2.19. The number of methoxy groups -OCH3 is 1. The number of anilines is 1. The summed E-state index contributed by atoms with van der Waals surface area (Å²) in [4.78, 5) is 29.8. The zero-order valence-electron chi connectivity index (χ0n) is 16.8. The van der Waals surface area contributed by atoms with Gasteiger partial charge in [0.25, 0.3) is 0 Å². The smallest absolute Gasteiger partial charge is 0.339 e. The van der Waals surface area contributed by atoms with Crippen LogP contribution in [0.3, 0.4) is 0 Å². The van der Waals surface area contributed by atoms with Gasteiger partial charge in [0.05, 0.1) is 34.5 Å². The largest absolute Gasteiger partial charge is 0.465 e. The van der Waals surface area contributed by atoms with Crippen LogP contribution >= 0.6 is 11.3 Å². The number of ether oxygens (including phenoxy) is 1. The summed E-state index contributed by atoms with van der Waals surface area (Å²) in [5.41, 5.74) is 4.98. The van der Waals surface area contributed by atoms with E-state index in [1.807, 2.05) is 38.1 Å². The first-order chi connectivity index (χ1) is 14.5. The second kappa shape index (κ2) is 8.12. The molecule has 7 heteroatoms. The summed E-state index contributed by atoms with van der Waals surface area (Å²) in [5, 5.41) is 3.88. The number of carbonyl (C=O) groups excluding carboxylic acids is 1. The molecular weight excluding hydrogens is 400 g/mol. The summed E-state index contributed by atoms with van der Waals surface area (Å²) < 4.78 is 11.1. The highest BCUT2D eigenvalue weighted by molar-refractivity contribution is 7.13. The number of fused-ring (bicyclic) bond motifs is 1. The van der Waals surface area contributed by atoms with E-state index >= 15 is 0 Å². The van der Waals surface area contributed by atoms with Gasteiger partial charge in [-0.3, -0.25) is 9.78 Å². The highest BCUT2D eigenvalue weighted by Crippen LogP contribution is 2.32. The summed E-state index contributed by atoms with van der Waals surface area (Å²) >= 11 is 1.41. The molecule has 1 atom stereocenters. The number of esters is 1. The minimum absolute atomic E-state index is 0.105. The summed E-state index contributed by atoms with van der Waals surface area (Å²) in [6, 6.07) is 12.2. The molecule has 30 heavy (non-hydrogen) atoms. The maximum Gasteiger partial charge on any atom is 0.339 e. The Morgan fingerprint density at radius 1 is 1.23 bits per heavy atom. The van der Waals surface area contributed by atoms with Gasteiger partial charge in [-0.15, -0.1) is 11.3 Å². The van der Waals surface area contributed by atoms with Gasteiger partial charge in [-0.1, -0.05) is 18.2 Å². The summed E-state index contributed by atoms with van der Waals surface area (Å²) in [5.74, 6) is 0.0701. The van der Waals surface area contributed by atoms with Crippen molar-refractivity contribution in [3.05, 3.63) is 81.1 Å². The predicted octanol–water partition coefficient (Wildman–Crippen LogP) is 5.18. The van der Waals surface area contributed by atoms with Gasteiger partial charge in [0, 0.05) is 23.5 Å². The van der Waals surface area contributed by atoms with Crippen LogP contribution in [-0.2, 0) is 4.74 Å². The van der Waals surface area contributed by atoms with Crippen LogP contribution in [0.25, 0.3) is 21.6 Å². The third-order valence-electron chi connectivity index (χ3n) is 4.85. The number of thiazole rings is 1. The first kappa shape index (κ1) is 19.8. The minimum atomic E-state index is -0.418. The molecule has 2 aromatic carbocycles. The van der Waals surface area contributed by atoms with Crippen LogP contribution in [0, 0.1) is 6.92 Å². The number of hydrogen-bond donors (Lipinski definition) is 1. The van der Waals surface area contributed by atoms with Crippen molar-refractivity contribution in [3.8, 4) is 10.6 Å². The summed E-state index contributed by atoms with van der Waals surface area (Å²) in [6.45, 7) is 3.90. The average Bonchev–Trinajstić information content (AvgIpc) is 3.28. The fourth-order valence-corrected chi connectivity index (χ4v) is 4.00. The molecule has 0 saturated heterocycles. The molecule has 1 N–H and O–H groups in total. The molecular formula is C23H20N2O4S. The molecule has 2 heterocycles. The monoisotopic (exact) mass is 420 g/mol. The van der Waals surface area contributed by atoms with Gasteiger partial charge in [0.15, 0.2) is 5.43 Å². The number of aryl methyl sites for hydroxylation is 1. The topological polar surface area (TPSA) is 81.4 Å². The Morgan fingerprint density at radius 2 is 2.03 bits per heavy atom. The molecule has 0 aliphatic carbocycles. The average molecular weight is 420 g/mol. The van der Waals surface area contributed by atoms with E-state index in [4.69, 9.17) is 9.15 Å². The molecule has 0 amide bonds. The van der Waals surface area contributed by atoms with Crippen LogP contribution in [0.1, 0.15) is 34.5 Å². The Labute approximate surface area is 177 Å². The molecule has 0 saturated carbocycles. The SMILES string of the molecule is COC(=O)c1ccccc1NC(C)c1cc(C)cc2c(=O)cc(-c3cncs3)oc12. The van der Waals surface area contributed by atoms with Gasteiger partial charge < -0.3 is 14.5 Å². The van der Waals surface area contributed by atoms with E-state index < -0.39 is 5.97 Å². The molecule has 1 unspecified atom stereocenters. The molecule has 0 radical (unpaired) electrons. The van der Waals surface area contributed by atoms with E-state index in [9.17, 15) is 9.59 Å². The minimum Gasteiger partial charge on any atom is -0.465 e. The Hall–Kier alpha value is -3.45. The zero-order chi connectivity index (χ0) is 21.3. The van der Waals surface area contributed by atoms with Crippen molar-refractivity contribution in [1.29, 1.82) is 0 Å². The van der Waals surface area contributed by atoms with Crippen LogP contribution < -0.4 is 10.7 Å². The number of nitrogens with one attached hydrogen (secondary N) is 1. The van der Waals surface area contributed by atoms with Gasteiger partial charge in [0.1, 0.15) is 11.3 Å². The third kappa shape index (κ3) is 3.71. The maximum atomic E-state index is 12.8. The molecule has 0 spiro atoms. The summed E-state index contributed by atoms with van der Waals surface area (Å²) in [6.07, 6.45) is 1.68. The molecule has 0 fully saturated rings. The first-order valence-corrected chi connectivity index (χ1v) is 10.3. The fraction of sp³-hybridized carbons (Fsp3) is 0.174. The van der Waals surface area contributed by atoms with Crippen molar-refractivity contribution in [2.45, 2.75) is 19.9 Å². The van der Waals surface area contributed by atoms with Gasteiger partial charge in [0.2, 0.25) is 0 Å². The first-order valence-electron chi connectivity index (χ1n) is 9.39. The normalized spacial score (nSPS) is 12.0. The molecule has 4 rings (SSSR count). The Morgan fingerprint density at radius 3 is 2.77 bits per heavy atom. The quantitative estimate of drug-likeness (QED) is 0.448. The number of para-hydroxylation sites is 1. The van der Waals surface area contributed by atoms with Crippen LogP contribution in [0.2, 0.25) is 0 Å². The van der Waals surface area contributed by atoms with Gasteiger partial charge in [-0.2, -0.15) is 0 Å². The second-order valence-corrected chi connectivity index (χ2v) is 7.86. The van der Waals surface area contributed by atoms with Crippen molar-refractivity contribution < 1.29 is 13.9 Å². The van der Waals surface area contributed by atoms with Crippen molar-refractivity contribution in [1.82, 2.24) is 4.98 Å². The summed E-state index contributed by atoms with van der Waals surface area (Å²) in [7, 11) is 1.35. The van der Waals surface area contributed by atoms with Crippen molar-refractivity contribution >= 4 is 34.0 Å². The number of rotatable bonds is 5. The van der Waals surface area contributed by atoms with E-state index in [1.54, 1.807) is 23.8 Å². The van der Waals surface area contributed by atoms with Crippen LogP contribution in [-0.4, -0.2) is 18.1 Å². The van der Waals surface area contributed by atoms with Gasteiger partial charge >= 0.3 is 5.97 Å². The molecule has 0 aliphatic rings. The van der Waals surface area contributed by atoms with Crippen molar-refractivity contribution in [3.63, 3.8) is 0 Å². The second-order valence-electron chi connectivity index (χ2n) is 6.97. The lowest BCUT2D eigenvalue weighted by atomic mass is 10.0. The lowest BCUT2D eigenvalue weighted by Crippen LogP contribution is -2.13. The van der Waals surface area contributed by atoms with E-state index in [0.29, 0.717) is 28.0 Å². The van der Waals surface area contributed by atoms with Crippen molar-refractivity contribution in [2.75, 3.05) is 12.4 Å². The highest BCUT2D eigenvalue weighted by Gasteiger charge is 2.19. The third-order valence-corrected chi connectivity index (χ3v) is 5.64. The number of nitrogens with zero attached hydrogens (tertiary/aromatic N) is 1. The molecule has 0 bridgehead atoms. The van der Waals surface area contributed by atoms with E-state index in [-0.39, 0.29) is 11.5 Å². The van der Waals surface area contributed by atoms with E-state index in [0.717, 1.165) is 16.0 Å². The van der Waals surface area contributed by atoms with E-state index in [2.05, 4.69) is 10.3 Å². The molecule has 4 aromatic rings. The molecule has 0 aliphatic heterocycles. The number of benzene rings is 2. The predicted molar refractivity (Wildman–Crippen MR) is 118 cm³/mol. The van der Waals surface area contributed by atoms with Crippen molar-refractivity contribution in [2.24, 2.45) is 0 Å². The fourth-order valence-electron chi connectivity index (χ4n) is 3.42. The standard InChI is InChI=1S/C23H20N2O4S/c1-13-8-16(14(2)25-18-7-5-4-6-15(18)23(27)28-3)22-17(9-13)19(26)10-20(29-22)21-11-24-12-30-21/h4-12,14,25H,1-3H3. The number of aromatic nitrogens is 1. The van der Waals surface area contributed by atoms with E-state index in [1.165, 1.54) is 24.5 Å². The molecule has 152 valence electrons. The van der Waals surface area contributed by atoms with Gasteiger partial charge in [-0.25, -0.2) is 4.79 Å². The van der Waals surface area contributed by atoms with Crippen LogP contribution in [0.15, 0.2) is 63.4 Å².